The highest BCUT2D eigenvalue weighted by Crippen LogP contribution is 2.24. The molecule has 7 nitrogen and oxygen atoms in total. The van der Waals surface area contributed by atoms with Gasteiger partial charge in [0, 0.05) is 0 Å². The van der Waals surface area contributed by atoms with Gasteiger partial charge in [0.05, 0.1) is 21.9 Å². The van der Waals surface area contributed by atoms with Gasteiger partial charge in [0.15, 0.2) is 0 Å². The van der Waals surface area contributed by atoms with E-state index in [4.69, 9.17) is 23.2 Å². The molecule has 10 heteroatoms. The number of hydrogen-bond acceptors (Lipinski definition) is 6. The van der Waals surface area contributed by atoms with Crippen molar-refractivity contribution in [2.45, 2.75) is 6.61 Å². The van der Waals surface area contributed by atoms with Gasteiger partial charge < -0.3 is 4.55 Å². The largest absolute Gasteiger partial charge is 0.726 e. The second kappa shape index (κ2) is 5.43. The number of rotatable bonds is 4. The lowest BCUT2D eigenvalue weighted by Gasteiger charge is -2.04. The monoisotopic (exact) mass is 322 g/mol. The normalized spacial score (nSPS) is 11.7. The van der Waals surface area contributed by atoms with Gasteiger partial charge in [-0.05, 0) is 18.2 Å². The summed E-state index contributed by atoms with van der Waals surface area (Å²) in [5.41, 5.74) is 0.767. The van der Waals surface area contributed by atoms with Gasteiger partial charge >= 0.3 is 0 Å². The van der Waals surface area contributed by atoms with Gasteiger partial charge in [-0.1, -0.05) is 28.4 Å². The van der Waals surface area contributed by atoms with E-state index in [-0.39, 0.29) is 5.69 Å². The molecule has 0 amide bonds. The molecule has 0 N–H and O–H groups in total. The highest BCUT2D eigenvalue weighted by molar-refractivity contribution is 7.80. The number of aromatic nitrogens is 3. The van der Waals surface area contributed by atoms with Crippen LogP contribution in [0.5, 0.6) is 0 Å². The lowest BCUT2D eigenvalue weighted by molar-refractivity contribution is 0.250. The van der Waals surface area contributed by atoms with Crippen LogP contribution in [-0.2, 0) is 21.2 Å². The molecule has 1 heterocycles. The highest BCUT2D eigenvalue weighted by atomic mass is 35.5. The van der Waals surface area contributed by atoms with Crippen molar-refractivity contribution in [2.24, 2.45) is 0 Å². The summed E-state index contributed by atoms with van der Waals surface area (Å²) < 4.78 is 36.3. The van der Waals surface area contributed by atoms with E-state index in [1.54, 1.807) is 18.2 Å². The number of nitrogens with zero attached hydrogens (tertiary/aromatic N) is 3. The average molecular weight is 323 g/mol. The summed E-state index contributed by atoms with van der Waals surface area (Å²) in [5.74, 6) is 0. The Morgan fingerprint density at radius 2 is 2.05 bits per heavy atom. The third-order valence-corrected chi connectivity index (χ3v) is 3.21. The van der Waals surface area contributed by atoms with E-state index in [9.17, 15) is 13.0 Å². The van der Waals surface area contributed by atoms with Crippen molar-refractivity contribution in [3.63, 3.8) is 0 Å². The predicted molar refractivity (Wildman–Crippen MR) is 65.9 cm³/mol. The number of benzene rings is 1. The zero-order valence-corrected chi connectivity index (χ0v) is 11.5. The lowest BCUT2D eigenvalue weighted by Crippen LogP contribution is -2.04. The van der Waals surface area contributed by atoms with Crippen LogP contribution < -0.4 is 0 Å². The Kier molecular flexibility index (Phi) is 4.07. The second-order valence-corrected chi connectivity index (χ2v) is 5.29. The Bertz CT molecular complexity index is 701. The minimum Gasteiger partial charge on any atom is -0.726 e. The van der Waals surface area contributed by atoms with Crippen LogP contribution in [0.4, 0.5) is 0 Å². The van der Waals surface area contributed by atoms with E-state index < -0.39 is 17.0 Å². The van der Waals surface area contributed by atoms with E-state index in [0.717, 1.165) is 0 Å². The maximum absolute atomic E-state index is 10.3. The third kappa shape index (κ3) is 3.88. The topological polar surface area (TPSA) is 97.1 Å². The molecule has 0 aliphatic heterocycles. The molecule has 2 rings (SSSR count). The molecule has 0 unspecified atom stereocenters. The summed E-state index contributed by atoms with van der Waals surface area (Å²) in [5, 5.41) is 8.14. The summed E-state index contributed by atoms with van der Waals surface area (Å²) in [6.07, 6.45) is 1.41. The molecular formula is C9H6Cl2N3O4S-. The van der Waals surface area contributed by atoms with Crippen molar-refractivity contribution in [1.29, 1.82) is 0 Å². The SMILES string of the molecule is O=S(=O)([O-])OCc1cn(-c2ccc(Cl)c(Cl)c2)nn1. The molecule has 0 bridgehead atoms. The summed E-state index contributed by atoms with van der Waals surface area (Å²) in [6, 6.07) is 4.80. The molecule has 0 atom stereocenters. The molecule has 0 saturated heterocycles. The van der Waals surface area contributed by atoms with Crippen LogP contribution in [0.3, 0.4) is 0 Å². The van der Waals surface area contributed by atoms with Crippen LogP contribution in [0.25, 0.3) is 5.69 Å². The van der Waals surface area contributed by atoms with Crippen molar-refractivity contribution >= 4 is 33.6 Å². The Morgan fingerprint density at radius 3 is 2.68 bits per heavy atom. The molecular weight excluding hydrogens is 317 g/mol. The van der Waals surface area contributed by atoms with Crippen LogP contribution in [0.2, 0.25) is 10.0 Å². The Morgan fingerprint density at radius 1 is 1.32 bits per heavy atom. The first-order valence-corrected chi connectivity index (χ1v) is 6.91. The van der Waals surface area contributed by atoms with Gasteiger partial charge in [0.2, 0.25) is 10.4 Å². The summed E-state index contributed by atoms with van der Waals surface area (Å²) >= 11 is 11.6. The van der Waals surface area contributed by atoms with Crippen LogP contribution >= 0.6 is 23.2 Å². The highest BCUT2D eigenvalue weighted by Gasteiger charge is 2.06. The molecule has 102 valence electrons. The Balaban J connectivity index is 2.18. The number of halogens is 2. The quantitative estimate of drug-likeness (QED) is 0.625. The zero-order chi connectivity index (χ0) is 14.0. The molecule has 1 aromatic carbocycles. The first kappa shape index (κ1) is 14.2. The molecule has 19 heavy (non-hydrogen) atoms. The predicted octanol–water partition coefficient (Wildman–Crippen LogP) is 1.55. The molecule has 0 saturated carbocycles. The minimum absolute atomic E-state index is 0.186. The van der Waals surface area contributed by atoms with E-state index in [1.165, 1.54) is 10.9 Å². The van der Waals surface area contributed by atoms with Gasteiger partial charge in [-0.2, -0.15) is 0 Å². The Labute approximate surface area is 118 Å². The smallest absolute Gasteiger partial charge is 0.218 e. The van der Waals surface area contributed by atoms with Gasteiger partial charge in [-0.3, -0.25) is 4.18 Å². The minimum atomic E-state index is -4.76. The van der Waals surface area contributed by atoms with Crippen LogP contribution in [0.1, 0.15) is 5.69 Å². The van der Waals surface area contributed by atoms with Crippen LogP contribution in [0, 0.1) is 0 Å². The molecule has 2 aromatic rings. The first-order chi connectivity index (χ1) is 8.85. The van der Waals surface area contributed by atoms with E-state index >= 15 is 0 Å². The standard InChI is InChI=1S/C9H7Cl2N3O4S/c10-8-2-1-7(3-9(8)11)14-4-6(12-13-14)5-18-19(15,16)17/h1-4H,5H2,(H,15,16,17)/p-1. The lowest BCUT2D eigenvalue weighted by atomic mass is 10.3. The third-order valence-electron chi connectivity index (χ3n) is 2.06. The van der Waals surface area contributed by atoms with Gasteiger partial charge in [0.1, 0.15) is 12.3 Å². The second-order valence-electron chi connectivity index (χ2n) is 3.42. The van der Waals surface area contributed by atoms with E-state index in [2.05, 4.69) is 14.5 Å². The summed E-state index contributed by atoms with van der Waals surface area (Å²) in [7, 11) is -4.76. The molecule has 0 aliphatic carbocycles. The van der Waals surface area contributed by atoms with Crippen molar-refractivity contribution in [2.75, 3.05) is 0 Å². The molecule has 0 fully saturated rings. The van der Waals surface area contributed by atoms with Crippen LogP contribution in [-0.4, -0.2) is 28.0 Å². The Hall–Kier alpha value is -1.19. The van der Waals surface area contributed by atoms with Crippen molar-refractivity contribution in [3.05, 3.63) is 40.1 Å². The molecule has 0 spiro atoms. The fraction of sp³-hybridized carbons (Fsp3) is 0.111. The number of hydrogen-bond donors (Lipinski definition) is 0. The van der Waals surface area contributed by atoms with Gasteiger partial charge in [-0.25, -0.2) is 13.1 Å². The average Bonchev–Trinajstić information content (AvgIpc) is 2.78. The summed E-state index contributed by atoms with van der Waals surface area (Å²) in [6.45, 7) is -0.479. The molecule has 1 aromatic heterocycles. The first-order valence-electron chi connectivity index (χ1n) is 4.82. The maximum Gasteiger partial charge on any atom is 0.218 e. The van der Waals surface area contributed by atoms with Crippen LogP contribution in [0.15, 0.2) is 24.4 Å². The van der Waals surface area contributed by atoms with E-state index in [1.807, 2.05) is 0 Å². The fourth-order valence-corrected chi connectivity index (χ4v) is 1.81. The van der Waals surface area contributed by atoms with Gasteiger partial charge in [-0.15, -0.1) is 5.10 Å². The fourth-order valence-electron chi connectivity index (χ4n) is 1.25. The van der Waals surface area contributed by atoms with Gasteiger partial charge in [0.25, 0.3) is 0 Å². The zero-order valence-electron chi connectivity index (χ0n) is 9.16. The molecule has 0 aliphatic rings. The van der Waals surface area contributed by atoms with Crippen molar-refractivity contribution < 1.29 is 17.2 Å². The summed E-state index contributed by atoms with van der Waals surface area (Å²) in [4.78, 5) is 0. The molecule has 0 radical (unpaired) electrons. The maximum atomic E-state index is 10.3. The van der Waals surface area contributed by atoms with Crippen molar-refractivity contribution in [1.82, 2.24) is 15.0 Å². The van der Waals surface area contributed by atoms with Crippen molar-refractivity contribution in [3.8, 4) is 5.69 Å². The van der Waals surface area contributed by atoms with E-state index in [0.29, 0.717) is 15.7 Å².